The van der Waals surface area contributed by atoms with E-state index >= 15 is 0 Å². The summed E-state index contributed by atoms with van der Waals surface area (Å²) in [5.74, 6) is 0.769. The summed E-state index contributed by atoms with van der Waals surface area (Å²) in [4.78, 5) is 24.1. The van der Waals surface area contributed by atoms with Crippen LogP contribution in [0.5, 0.6) is 11.5 Å². The van der Waals surface area contributed by atoms with E-state index < -0.39 is 18.1 Å². The second kappa shape index (κ2) is 9.56. The van der Waals surface area contributed by atoms with Crippen molar-refractivity contribution in [3.8, 4) is 11.5 Å². The van der Waals surface area contributed by atoms with Crippen molar-refractivity contribution < 1.29 is 28.5 Å². The van der Waals surface area contributed by atoms with Crippen LogP contribution in [0.1, 0.15) is 26.3 Å². The second-order valence-electron chi connectivity index (χ2n) is 5.67. The van der Waals surface area contributed by atoms with E-state index in [4.69, 9.17) is 18.9 Å². The molecular weight excluding hydrogens is 326 g/mol. The van der Waals surface area contributed by atoms with Crippen LogP contribution >= 0.6 is 0 Å². The molecule has 1 aromatic carbocycles. The minimum absolute atomic E-state index is 0.206. The lowest BCUT2D eigenvalue weighted by Gasteiger charge is -2.19. The van der Waals surface area contributed by atoms with Gasteiger partial charge in [-0.3, -0.25) is 0 Å². The van der Waals surface area contributed by atoms with Crippen molar-refractivity contribution in [2.45, 2.75) is 39.3 Å². The maximum Gasteiger partial charge on any atom is 0.412 e. The summed E-state index contributed by atoms with van der Waals surface area (Å²) < 4.78 is 20.5. The van der Waals surface area contributed by atoms with Gasteiger partial charge in [0.25, 0.3) is 0 Å². The molecule has 0 aromatic heterocycles. The summed E-state index contributed by atoms with van der Waals surface area (Å²) in [5.41, 5.74) is 0.763. The Morgan fingerprint density at radius 3 is 2.32 bits per heavy atom. The number of carbonyl (C=O) groups is 2. The fourth-order valence-electron chi connectivity index (χ4n) is 2.08. The van der Waals surface area contributed by atoms with Crippen LogP contribution in [0.2, 0.25) is 0 Å². The lowest BCUT2D eigenvalue weighted by atomic mass is 10.1. The molecule has 1 N–H and O–H groups in total. The van der Waals surface area contributed by atoms with Crippen LogP contribution in [0.25, 0.3) is 0 Å². The summed E-state index contributed by atoms with van der Waals surface area (Å²) in [6.07, 6.45) is -0.866. The molecule has 0 aliphatic rings. The van der Waals surface area contributed by atoms with Crippen molar-refractivity contribution in [3.05, 3.63) is 36.1 Å². The normalized spacial score (nSPS) is 11.4. The number of alkyl carbamates (subject to hydrolysis) is 1. The Bertz CT molecular complexity index is 626. The molecule has 1 atom stereocenters. The molecule has 0 radical (unpaired) electrons. The molecule has 0 spiro atoms. The van der Waals surface area contributed by atoms with Gasteiger partial charge in [-0.1, -0.05) is 12.6 Å². The molecule has 0 aliphatic carbocycles. The molecule has 1 amide bonds. The molecule has 25 heavy (non-hydrogen) atoms. The minimum atomic E-state index is -0.910. The van der Waals surface area contributed by atoms with Gasteiger partial charge < -0.3 is 24.3 Å². The van der Waals surface area contributed by atoms with E-state index in [1.807, 2.05) is 0 Å². The number of nitrogens with one attached hydrogen (secondary N) is 1. The van der Waals surface area contributed by atoms with Gasteiger partial charge in [-0.25, -0.2) is 9.59 Å². The molecule has 7 nitrogen and oxygen atoms in total. The number of esters is 1. The standard InChI is InChI=1S/C18H25NO6/c1-11(2)24-17(20)14(19-18(21)25-12(3)4)9-13-7-8-15(22-5)16(10-13)23-6/h7-8,10-11,14H,3,9H2,1-2,4-6H3,(H,19,21)/t14-/m1/s1. The smallest absolute Gasteiger partial charge is 0.412 e. The Morgan fingerprint density at radius 2 is 1.80 bits per heavy atom. The first-order chi connectivity index (χ1) is 11.8. The molecule has 1 rings (SSSR count). The summed E-state index contributed by atoms with van der Waals surface area (Å²) >= 11 is 0. The zero-order valence-corrected chi connectivity index (χ0v) is 15.3. The molecule has 0 fully saturated rings. The zero-order chi connectivity index (χ0) is 19.0. The molecule has 1 aromatic rings. The number of carbonyl (C=O) groups excluding carboxylic acids is 2. The van der Waals surface area contributed by atoms with E-state index in [-0.39, 0.29) is 18.3 Å². The summed E-state index contributed by atoms with van der Waals surface area (Å²) in [6, 6.07) is 4.33. The predicted octanol–water partition coefficient (Wildman–Crippen LogP) is 2.83. The van der Waals surface area contributed by atoms with Crippen LogP contribution in [-0.2, 0) is 20.7 Å². The number of benzene rings is 1. The Morgan fingerprint density at radius 1 is 1.16 bits per heavy atom. The third-order valence-corrected chi connectivity index (χ3v) is 3.08. The molecule has 138 valence electrons. The first-order valence-electron chi connectivity index (χ1n) is 7.82. The first kappa shape index (κ1) is 20.3. The van der Waals surface area contributed by atoms with Gasteiger partial charge in [0.15, 0.2) is 11.5 Å². The maximum atomic E-state index is 12.3. The van der Waals surface area contributed by atoms with Gasteiger partial charge in [0.05, 0.1) is 26.1 Å². The van der Waals surface area contributed by atoms with Crippen molar-refractivity contribution in [1.29, 1.82) is 0 Å². The summed E-state index contributed by atoms with van der Waals surface area (Å²) in [7, 11) is 3.06. The number of hydrogen-bond acceptors (Lipinski definition) is 6. The Labute approximate surface area is 147 Å². The van der Waals surface area contributed by atoms with E-state index in [2.05, 4.69) is 11.9 Å². The Hall–Kier alpha value is -2.70. The van der Waals surface area contributed by atoms with E-state index in [1.165, 1.54) is 21.1 Å². The highest BCUT2D eigenvalue weighted by Gasteiger charge is 2.25. The highest BCUT2D eigenvalue weighted by atomic mass is 16.6. The second-order valence-corrected chi connectivity index (χ2v) is 5.67. The lowest BCUT2D eigenvalue weighted by Crippen LogP contribution is -2.44. The minimum Gasteiger partial charge on any atom is -0.493 e. The number of amides is 1. The average Bonchev–Trinajstić information content (AvgIpc) is 2.52. The molecule has 0 heterocycles. The van der Waals surface area contributed by atoms with E-state index in [0.29, 0.717) is 11.5 Å². The van der Waals surface area contributed by atoms with Crippen LogP contribution in [-0.4, -0.2) is 38.4 Å². The SMILES string of the molecule is C=C(C)OC(=O)N[C@H](Cc1ccc(OC)c(OC)c1)C(=O)OC(C)C. The topological polar surface area (TPSA) is 83.1 Å². The molecule has 0 bridgehead atoms. The molecular formula is C18H25NO6. The van der Waals surface area contributed by atoms with Crippen LogP contribution in [0.4, 0.5) is 4.79 Å². The third-order valence-electron chi connectivity index (χ3n) is 3.08. The monoisotopic (exact) mass is 351 g/mol. The molecule has 0 unspecified atom stereocenters. The van der Waals surface area contributed by atoms with Crippen molar-refractivity contribution in [2.24, 2.45) is 0 Å². The Kier molecular flexibility index (Phi) is 7.78. The summed E-state index contributed by atoms with van der Waals surface area (Å²) in [6.45, 7) is 8.50. The average molecular weight is 351 g/mol. The van der Waals surface area contributed by atoms with Gasteiger partial charge in [0.2, 0.25) is 0 Å². The van der Waals surface area contributed by atoms with Crippen LogP contribution in [0.3, 0.4) is 0 Å². The number of ether oxygens (including phenoxy) is 4. The lowest BCUT2D eigenvalue weighted by molar-refractivity contribution is -0.149. The van der Waals surface area contributed by atoms with Crippen molar-refractivity contribution in [2.75, 3.05) is 14.2 Å². The van der Waals surface area contributed by atoms with Gasteiger partial charge in [-0.2, -0.15) is 0 Å². The number of hydrogen-bond donors (Lipinski definition) is 1. The fraction of sp³-hybridized carbons (Fsp3) is 0.444. The predicted molar refractivity (Wildman–Crippen MR) is 92.7 cm³/mol. The number of methoxy groups -OCH3 is 2. The first-order valence-corrected chi connectivity index (χ1v) is 7.82. The van der Waals surface area contributed by atoms with Gasteiger partial charge in [-0.15, -0.1) is 0 Å². The fourth-order valence-corrected chi connectivity index (χ4v) is 2.08. The number of rotatable bonds is 8. The van der Waals surface area contributed by atoms with Gasteiger partial charge >= 0.3 is 12.1 Å². The molecule has 0 saturated carbocycles. The van der Waals surface area contributed by atoms with Crippen LogP contribution in [0.15, 0.2) is 30.5 Å². The Balaban J connectivity index is 2.97. The largest absolute Gasteiger partial charge is 0.493 e. The maximum absolute atomic E-state index is 12.3. The van der Waals surface area contributed by atoms with Crippen molar-refractivity contribution >= 4 is 12.1 Å². The van der Waals surface area contributed by atoms with Crippen LogP contribution in [0, 0.1) is 0 Å². The highest BCUT2D eigenvalue weighted by molar-refractivity contribution is 5.82. The van der Waals surface area contributed by atoms with Crippen LogP contribution < -0.4 is 14.8 Å². The molecule has 0 saturated heterocycles. The third kappa shape index (κ3) is 6.74. The molecule has 7 heteroatoms. The highest BCUT2D eigenvalue weighted by Crippen LogP contribution is 2.28. The van der Waals surface area contributed by atoms with Gasteiger partial charge in [0.1, 0.15) is 6.04 Å². The van der Waals surface area contributed by atoms with Gasteiger partial charge in [-0.05, 0) is 38.5 Å². The number of allylic oxidation sites excluding steroid dienone is 1. The van der Waals surface area contributed by atoms with Crippen molar-refractivity contribution in [3.63, 3.8) is 0 Å². The van der Waals surface area contributed by atoms with Crippen molar-refractivity contribution in [1.82, 2.24) is 5.32 Å². The molecule has 0 aliphatic heterocycles. The van der Waals surface area contributed by atoms with E-state index in [9.17, 15) is 9.59 Å². The van der Waals surface area contributed by atoms with E-state index in [1.54, 1.807) is 32.0 Å². The van der Waals surface area contributed by atoms with Gasteiger partial charge in [0, 0.05) is 6.42 Å². The quantitative estimate of drug-likeness (QED) is 0.573. The van der Waals surface area contributed by atoms with E-state index in [0.717, 1.165) is 5.56 Å². The summed E-state index contributed by atoms with van der Waals surface area (Å²) in [5, 5.41) is 2.50. The zero-order valence-electron chi connectivity index (χ0n) is 15.3.